The van der Waals surface area contributed by atoms with Crippen LogP contribution in [0, 0.1) is 5.92 Å². The van der Waals surface area contributed by atoms with Gasteiger partial charge >= 0.3 is 0 Å². The van der Waals surface area contributed by atoms with Gasteiger partial charge in [-0.2, -0.15) is 0 Å². The Morgan fingerprint density at radius 2 is 2.08 bits per heavy atom. The molecule has 0 aliphatic heterocycles. The fourth-order valence-electron chi connectivity index (χ4n) is 1.56. The predicted octanol–water partition coefficient (Wildman–Crippen LogP) is 0.850. The van der Waals surface area contributed by atoms with Gasteiger partial charge in [0.2, 0.25) is 0 Å². The molecule has 2 nitrogen and oxygen atoms in total. The highest BCUT2D eigenvalue weighted by molar-refractivity contribution is 6.08. The van der Waals surface area contributed by atoms with Crippen molar-refractivity contribution < 1.29 is 9.84 Å². The van der Waals surface area contributed by atoms with Crippen molar-refractivity contribution in [2.45, 2.75) is 45.2 Å². The van der Waals surface area contributed by atoms with Crippen molar-refractivity contribution in [3.05, 3.63) is 0 Å². The first-order chi connectivity index (χ1) is 5.67. The first kappa shape index (κ1) is 12.0. The largest absolute Gasteiger partial charge is 0.393 e. The van der Waals surface area contributed by atoms with Crippen LogP contribution in [0.3, 0.4) is 0 Å². The molecule has 0 spiro atoms. The zero-order valence-electron chi connectivity index (χ0n) is 8.71. The SMILES string of the molecule is BCCC(O)C(C)C(CC)OC. The van der Waals surface area contributed by atoms with E-state index in [0.717, 1.165) is 19.2 Å². The maximum Gasteiger partial charge on any atom is 0.101 e. The Kier molecular flexibility index (Phi) is 6.49. The smallest absolute Gasteiger partial charge is 0.101 e. The molecular weight excluding hydrogens is 151 g/mol. The Hall–Kier alpha value is -0.0151. The maximum atomic E-state index is 9.67. The molecule has 72 valence electrons. The molecular formula is C9H21BO2. The van der Waals surface area contributed by atoms with Crippen LogP contribution in [0.5, 0.6) is 0 Å². The second kappa shape index (κ2) is 6.50. The minimum Gasteiger partial charge on any atom is -0.393 e. The molecule has 0 bridgehead atoms. The van der Waals surface area contributed by atoms with Gasteiger partial charge in [-0.1, -0.05) is 20.2 Å². The van der Waals surface area contributed by atoms with Crippen molar-refractivity contribution in [1.29, 1.82) is 0 Å². The second-order valence-corrected chi connectivity index (χ2v) is 3.40. The van der Waals surface area contributed by atoms with Gasteiger partial charge in [0.05, 0.1) is 12.2 Å². The average molecular weight is 172 g/mol. The molecule has 0 saturated carbocycles. The van der Waals surface area contributed by atoms with Crippen LogP contribution in [0.15, 0.2) is 0 Å². The van der Waals surface area contributed by atoms with E-state index in [4.69, 9.17) is 4.74 Å². The van der Waals surface area contributed by atoms with E-state index in [-0.39, 0.29) is 18.1 Å². The van der Waals surface area contributed by atoms with Crippen molar-refractivity contribution in [3.63, 3.8) is 0 Å². The number of aliphatic hydroxyl groups excluding tert-OH is 1. The van der Waals surface area contributed by atoms with Crippen LogP contribution in [0.1, 0.15) is 26.7 Å². The maximum absolute atomic E-state index is 9.67. The van der Waals surface area contributed by atoms with Gasteiger partial charge in [-0.05, 0) is 12.8 Å². The third-order valence-electron chi connectivity index (χ3n) is 2.48. The number of hydrogen-bond donors (Lipinski definition) is 1. The fourth-order valence-corrected chi connectivity index (χ4v) is 1.56. The molecule has 3 unspecified atom stereocenters. The van der Waals surface area contributed by atoms with E-state index in [1.807, 2.05) is 0 Å². The summed E-state index contributed by atoms with van der Waals surface area (Å²) < 4.78 is 5.27. The number of methoxy groups -OCH3 is 1. The van der Waals surface area contributed by atoms with Gasteiger partial charge in [0, 0.05) is 13.0 Å². The Labute approximate surface area is 76.7 Å². The summed E-state index contributed by atoms with van der Waals surface area (Å²) in [6, 6.07) is 0. The lowest BCUT2D eigenvalue weighted by atomic mass is 9.89. The Bertz CT molecular complexity index is 105. The van der Waals surface area contributed by atoms with Gasteiger partial charge in [0.25, 0.3) is 0 Å². The summed E-state index contributed by atoms with van der Waals surface area (Å²) in [6.45, 7) is 4.14. The molecule has 1 N–H and O–H groups in total. The van der Waals surface area contributed by atoms with Crippen LogP contribution in [0.2, 0.25) is 6.32 Å². The standard InChI is InChI=1S/C9H21BO2/c1-4-9(12-3)7(2)8(11)5-6-10/h7-9,11H,4-6,10H2,1-3H3. The van der Waals surface area contributed by atoms with E-state index in [9.17, 15) is 5.11 Å². The summed E-state index contributed by atoms with van der Waals surface area (Å²) >= 11 is 0. The highest BCUT2D eigenvalue weighted by atomic mass is 16.5. The molecule has 3 atom stereocenters. The molecule has 0 aromatic heterocycles. The summed E-state index contributed by atoms with van der Waals surface area (Å²) in [4.78, 5) is 0. The molecule has 0 radical (unpaired) electrons. The molecule has 0 rings (SSSR count). The van der Waals surface area contributed by atoms with E-state index in [0.29, 0.717) is 0 Å². The van der Waals surface area contributed by atoms with E-state index in [1.54, 1.807) is 7.11 Å². The van der Waals surface area contributed by atoms with E-state index < -0.39 is 0 Å². The van der Waals surface area contributed by atoms with E-state index in [2.05, 4.69) is 21.7 Å². The van der Waals surface area contributed by atoms with Gasteiger partial charge in [-0.3, -0.25) is 0 Å². The minimum absolute atomic E-state index is 0.201. The van der Waals surface area contributed by atoms with Crippen LogP contribution >= 0.6 is 0 Å². The lowest BCUT2D eigenvalue weighted by molar-refractivity contribution is -0.00840. The summed E-state index contributed by atoms with van der Waals surface area (Å²) in [7, 11) is 3.80. The minimum atomic E-state index is -0.208. The van der Waals surface area contributed by atoms with Crippen molar-refractivity contribution in [2.24, 2.45) is 5.92 Å². The number of rotatable bonds is 6. The molecule has 0 aromatic carbocycles. The Morgan fingerprint density at radius 1 is 1.50 bits per heavy atom. The van der Waals surface area contributed by atoms with Crippen LogP contribution in [-0.4, -0.2) is 32.3 Å². The zero-order chi connectivity index (χ0) is 9.56. The molecule has 0 saturated heterocycles. The number of hydrogen-bond acceptors (Lipinski definition) is 2. The average Bonchev–Trinajstić information content (AvgIpc) is 2.07. The first-order valence-electron chi connectivity index (χ1n) is 4.88. The Balaban J connectivity index is 3.87. The zero-order valence-corrected chi connectivity index (χ0v) is 8.71. The summed E-state index contributed by atoms with van der Waals surface area (Å²) in [6.07, 6.45) is 2.87. The molecule has 0 fully saturated rings. The van der Waals surface area contributed by atoms with Crippen LogP contribution < -0.4 is 0 Å². The molecule has 0 aliphatic carbocycles. The molecule has 0 aromatic rings. The third kappa shape index (κ3) is 3.59. The predicted molar refractivity (Wildman–Crippen MR) is 54.2 cm³/mol. The van der Waals surface area contributed by atoms with Crippen LogP contribution in [0.25, 0.3) is 0 Å². The van der Waals surface area contributed by atoms with E-state index in [1.165, 1.54) is 0 Å². The van der Waals surface area contributed by atoms with E-state index >= 15 is 0 Å². The quantitative estimate of drug-likeness (QED) is 0.602. The first-order valence-corrected chi connectivity index (χ1v) is 4.88. The lowest BCUT2D eigenvalue weighted by Crippen LogP contribution is -2.30. The van der Waals surface area contributed by atoms with Crippen LogP contribution in [0.4, 0.5) is 0 Å². The highest BCUT2D eigenvalue weighted by Crippen LogP contribution is 2.17. The van der Waals surface area contributed by atoms with Crippen molar-refractivity contribution in [2.75, 3.05) is 7.11 Å². The summed E-state index contributed by atoms with van der Waals surface area (Å²) in [5.74, 6) is 0.250. The molecule has 12 heavy (non-hydrogen) atoms. The number of aliphatic hydroxyl groups is 1. The molecule has 0 amide bonds. The monoisotopic (exact) mass is 172 g/mol. The number of ether oxygens (including phenoxy) is 1. The molecule has 0 aliphatic rings. The fraction of sp³-hybridized carbons (Fsp3) is 1.00. The Morgan fingerprint density at radius 3 is 2.42 bits per heavy atom. The lowest BCUT2D eigenvalue weighted by Gasteiger charge is -2.25. The van der Waals surface area contributed by atoms with Gasteiger partial charge in [0.15, 0.2) is 0 Å². The van der Waals surface area contributed by atoms with Gasteiger partial charge < -0.3 is 9.84 Å². The van der Waals surface area contributed by atoms with Crippen molar-refractivity contribution in [3.8, 4) is 0 Å². The van der Waals surface area contributed by atoms with Crippen LogP contribution in [-0.2, 0) is 4.74 Å². The van der Waals surface area contributed by atoms with Gasteiger partial charge in [-0.15, -0.1) is 0 Å². The highest BCUT2D eigenvalue weighted by Gasteiger charge is 2.21. The third-order valence-corrected chi connectivity index (χ3v) is 2.48. The molecule has 3 heteroatoms. The summed E-state index contributed by atoms with van der Waals surface area (Å²) in [5.41, 5.74) is 0. The van der Waals surface area contributed by atoms with Crippen molar-refractivity contribution >= 4 is 7.85 Å². The second-order valence-electron chi connectivity index (χ2n) is 3.40. The van der Waals surface area contributed by atoms with Gasteiger partial charge in [0.1, 0.15) is 7.85 Å². The van der Waals surface area contributed by atoms with Crippen molar-refractivity contribution in [1.82, 2.24) is 0 Å². The topological polar surface area (TPSA) is 29.5 Å². The van der Waals surface area contributed by atoms with Gasteiger partial charge in [-0.25, -0.2) is 0 Å². The summed E-state index contributed by atoms with van der Waals surface area (Å²) in [5, 5.41) is 9.67. The molecule has 0 heterocycles. The normalized spacial score (nSPS) is 18.7.